The SMILES string of the molecule is CCCCCCCCCCCN1C[C@H](OC(=O)CCC)[C@@H](OC(=O)CCC)[C@H](OC(=O)CCC)[C@H]1COC(=O)CCC. The second-order valence-corrected chi connectivity index (χ2v) is 11.5. The molecule has 0 bridgehead atoms. The van der Waals surface area contributed by atoms with Gasteiger partial charge >= 0.3 is 23.9 Å². The molecule has 0 saturated carbocycles. The van der Waals surface area contributed by atoms with Crippen LogP contribution in [0.2, 0.25) is 0 Å². The molecule has 244 valence electrons. The Morgan fingerprint density at radius 2 is 1.00 bits per heavy atom. The van der Waals surface area contributed by atoms with Gasteiger partial charge in [0.05, 0.1) is 6.04 Å². The fourth-order valence-corrected chi connectivity index (χ4v) is 5.30. The van der Waals surface area contributed by atoms with E-state index in [4.69, 9.17) is 18.9 Å². The highest BCUT2D eigenvalue weighted by atomic mass is 16.6. The predicted octanol–water partition coefficient (Wildman–Crippen LogP) is 6.68. The molecule has 0 unspecified atom stereocenters. The number of ether oxygens (including phenoxy) is 4. The minimum absolute atomic E-state index is 0.00219. The van der Waals surface area contributed by atoms with Crippen LogP contribution in [0.3, 0.4) is 0 Å². The molecule has 0 radical (unpaired) electrons. The molecule has 1 rings (SSSR count). The van der Waals surface area contributed by atoms with Crippen molar-refractivity contribution in [1.29, 1.82) is 0 Å². The summed E-state index contributed by atoms with van der Waals surface area (Å²) in [5.74, 6) is -1.57. The van der Waals surface area contributed by atoms with Gasteiger partial charge in [0.25, 0.3) is 0 Å². The minimum atomic E-state index is -0.986. The number of hydrogen-bond acceptors (Lipinski definition) is 9. The van der Waals surface area contributed by atoms with E-state index >= 15 is 0 Å². The van der Waals surface area contributed by atoms with Gasteiger partial charge in [0.1, 0.15) is 6.61 Å². The Morgan fingerprint density at radius 3 is 1.52 bits per heavy atom. The van der Waals surface area contributed by atoms with E-state index in [1.165, 1.54) is 38.5 Å². The van der Waals surface area contributed by atoms with Crippen molar-refractivity contribution < 1.29 is 38.1 Å². The van der Waals surface area contributed by atoms with Crippen molar-refractivity contribution >= 4 is 23.9 Å². The van der Waals surface area contributed by atoms with Gasteiger partial charge in [-0.1, -0.05) is 86.0 Å². The summed E-state index contributed by atoms with van der Waals surface area (Å²) in [4.78, 5) is 52.7. The highest BCUT2D eigenvalue weighted by Gasteiger charge is 2.50. The van der Waals surface area contributed by atoms with Crippen LogP contribution in [0.25, 0.3) is 0 Å². The number of likely N-dealkylation sites (tertiary alicyclic amines) is 1. The summed E-state index contributed by atoms with van der Waals surface area (Å²) in [7, 11) is 0. The molecule has 4 atom stereocenters. The van der Waals surface area contributed by atoms with Crippen LogP contribution in [-0.2, 0) is 38.1 Å². The third-order valence-corrected chi connectivity index (χ3v) is 7.55. The monoisotopic (exact) mass is 597 g/mol. The number of nitrogens with zero attached hydrogens (tertiary/aromatic N) is 1. The molecule has 1 aliphatic heterocycles. The Bertz CT molecular complexity index is 773. The Balaban J connectivity index is 3.20. The third-order valence-electron chi connectivity index (χ3n) is 7.55. The molecule has 1 aliphatic rings. The Hall–Kier alpha value is -2.16. The summed E-state index contributed by atoms with van der Waals surface area (Å²) >= 11 is 0. The average Bonchev–Trinajstić information content (AvgIpc) is 2.94. The molecule has 0 aromatic rings. The lowest BCUT2D eigenvalue weighted by atomic mass is 9.92. The largest absolute Gasteiger partial charge is 0.464 e. The van der Waals surface area contributed by atoms with Crippen LogP contribution < -0.4 is 0 Å². The Labute approximate surface area is 254 Å². The highest BCUT2D eigenvalue weighted by Crippen LogP contribution is 2.29. The fraction of sp³-hybridized carbons (Fsp3) is 0.879. The number of piperidine rings is 1. The molecule has 1 fully saturated rings. The normalized spacial score (nSPS) is 20.6. The fourth-order valence-electron chi connectivity index (χ4n) is 5.30. The first-order valence-electron chi connectivity index (χ1n) is 16.8. The first-order valence-corrected chi connectivity index (χ1v) is 16.8. The Morgan fingerprint density at radius 1 is 0.548 bits per heavy atom. The summed E-state index contributed by atoms with van der Waals surface area (Å²) in [5.41, 5.74) is 0. The number of esters is 4. The first kappa shape index (κ1) is 37.9. The number of carbonyl (C=O) groups excluding carboxylic acids is 4. The lowest BCUT2D eigenvalue weighted by Crippen LogP contribution is -2.65. The Kier molecular flexibility index (Phi) is 21.0. The van der Waals surface area contributed by atoms with Crippen LogP contribution in [-0.4, -0.2) is 72.8 Å². The van der Waals surface area contributed by atoms with Gasteiger partial charge < -0.3 is 18.9 Å². The van der Waals surface area contributed by atoms with E-state index in [2.05, 4.69) is 11.8 Å². The number of rotatable bonds is 23. The van der Waals surface area contributed by atoms with Crippen LogP contribution in [0.5, 0.6) is 0 Å². The molecule has 9 heteroatoms. The van der Waals surface area contributed by atoms with Gasteiger partial charge in [0, 0.05) is 32.2 Å². The van der Waals surface area contributed by atoms with E-state index in [0.717, 1.165) is 19.3 Å². The van der Waals surface area contributed by atoms with Crippen LogP contribution >= 0.6 is 0 Å². The smallest absolute Gasteiger partial charge is 0.306 e. The van der Waals surface area contributed by atoms with Gasteiger partial charge in [0.15, 0.2) is 18.3 Å². The van der Waals surface area contributed by atoms with Crippen molar-refractivity contribution in [2.45, 2.75) is 168 Å². The van der Waals surface area contributed by atoms with Crippen LogP contribution in [0.15, 0.2) is 0 Å². The summed E-state index contributed by atoms with van der Waals surface area (Å²) in [6.45, 7) is 10.7. The number of hydrogen-bond donors (Lipinski definition) is 0. The zero-order valence-electron chi connectivity index (χ0n) is 27.2. The van der Waals surface area contributed by atoms with E-state index < -0.39 is 36.3 Å². The maximum Gasteiger partial charge on any atom is 0.306 e. The molecule has 0 aromatic carbocycles. The van der Waals surface area contributed by atoms with E-state index in [9.17, 15) is 19.2 Å². The average molecular weight is 598 g/mol. The maximum atomic E-state index is 12.8. The molecule has 0 aromatic heterocycles. The second-order valence-electron chi connectivity index (χ2n) is 11.5. The molecular weight excluding hydrogens is 538 g/mol. The molecular formula is C33H59NO8. The molecule has 0 aliphatic carbocycles. The zero-order chi connectivity index (χ0) is 31.2. The quantitative estimate of drug-likeness (QED) is 0.0724. The van der Waals surface area contributed by atoms with E-state index in [-0.39, 0.29) is 44.2 Å². The number of unbranched alkanes of at least 4 members (excludes halogenated alkanes) is 8. The van der Waals surface area contributed by atoms with Crippen LogP contribution in [0.4, 0.5) is 0 Å². The van der Waals surface area contributed by atoms with Crippen molar-refractivity contribution in [2.75, 3.05) is 19.7 Å². The molecule has 0 N–H and O–H groups in total. The van der Waals surface area contributed by atoms with Crippen molar-refractivity contribution in [2.24, 2.45) is 0 Å². The van der Waals surface area contributed by atoms with Gasteiger partial charge in [-0.25, -0.2) is 0 Å². The highest BCUT2D eigenvalue weighted by molar-refractivity contribution is 5.72. The van der Waals surface area contributed by atoms with E-state index in [1.54, 1.807) is 0 Å². The van der Waals surface area contributed by atoms with Crippen molar-refractivity contribution in [3.63, 3.8) is 0 Å². The summed E-state index contributed by atoms with van der Waals surface area (Å²) in [6, 6.07) is -0.527. The second kappa shape index (κ2) is 23.3. The first-order chi connectivity index (χ1) is 20.3. The lowest BCUT2D eigenvalue weighted by Gasteiger charge is -2.47. The minimum Gasteiger partial charge on any atom is -0.464 e. The topological polar surface area (TPSA) is 108 Å². The number of carbonyl (C=O) groups is 4. The summed E-state index contributed by atoms with van der Waals surface area (Å²) in [5, 5.41) is 0. The van der Waals surface area contributed by atoms with Crippen molar-refractivity contribution in [3.05, 3.63) is 0 Å². The van der Waals surface area contributed by atoms with Gasteiger partial charge in [0.2, 0.25) is 0 Å². The van der Waals surface area contributed by atoms with Crippen molar-refractivity contribution in [1.82, 2.24) is 4.90 Å². The molecule has 1 saturated heterocycles. The molecule has 9 nitrogen and oxygen atoms in total. The van der Waals surface area contributed by atoms with E-state index in [1.807, 2.05) is 27.7 Å². The van der Waals surface area contributed by atoms with Crippen molar-refractivity contribution in [3.8, 4) is 0 Å². The van der Waals surface area contributed by atoms with E-state index in [0.29, 0.717) is 38.8 Å². The molecule has 42 heavy (non-hydrogen) atoms. The van der Waals surface area contributed by atoms with Crippen LogP contribution in [0.1, 0.15) is 144 Å². The van der Waals surface area contributed by atoms with Crippen LogP contribution in [0, 0.1) is 0 Å². The lowest BCUT2D eigenvalue weighted by molar-refractivity contribution is -0.210. The van der Waals surface area contributed by atoms with Gasteiger partial charge in [-0.05, 0) is 38.6 Å². The maximum absolute atomic E-state index is 12.8. The van der Waals surface area contributed by atoms with Gasteiger partial charge in [-0.15, -0.1) is 0 Å². The summed E-state index contributed by atoms with van der Waals surface area (Å²) in [6.07, 6.45) is 11.3. The zero-order valence-corrected chi connectivity index (χ0v) is 27.2. The third kappa shape index (κ3) is 15.4. The molecule has 0 amide bonds. The van der Waals surface area contributed by atoms with Gasteiger partial charge in [-0.3, -0.25) is 24.1 Å². The van der Waals surface area contributed by atoms with Gasteiger partial charge in [-0.2, -0.15) is 0 Å². The molecule has 1 heterocycles. The predicted molar refractivity (Wildman–Crippen MR) is 163 cm³/mol. The summed E-state index contributed by atoms with van der Waals surface area (Å²) < 4.78 is 23.4. The standard InChI is InChI=1S/C33H59NO8/c1-6-11-12-13-14-15-16-17-18-23-34-24-27(40-29(36)20-8-3)33(42-31(38)22-10-5)32(41-30(37)21-9-4)26(34)25-39-28(35)19-7-2/h26-27,32-33H,6-25H2,1-5H3/t26-,27+,32-,33-/m1/s1. The molecule has 0 spiro atoms.